The Bertz CT molecular complexity index is 621. The molecule has 0 atom stereocenters. The zero-order chi connectivity index (χ0) is 14.9. The van der Waals surface area contributed by atoms with Gasteiger partial charge in [-0.15, -0.1) is 12.4 Å². The zero-order valence-corrected chi connectivity index (χ0v) is 13.9. The number of halogens is 1. The molecule has 2 heterocycles. The maximum Gasteiger partial charge on any atom is 0.246 e. The summed E-state index contributed by atoms with van der Waals surface area (Å²) in [5.74, 6) is 1.18. The van der Waals surface area contributed by atoms with Gasteiger partial charge in [-0.2, -0.15) is 4.98 Å². The fourth-order valence-electron chi connectivity index (χ4n) is 2.68. The average Bonchev–Trinajstić information content (AvgIpc) is 2.82. The van der Waals surface area contributed by atoms with Crippen molar-refractivity contribution in [1.29, 1.82) is 0 Å². The topological polar surface area (TPSA) is 68.2 Å². The van der Waals surface area contributed by atoms with Crippen molar-refractivity contribution in [3.63, 3.8) is 0 Å². The molecule has 1 aromatic heterocycles. The quantitative estimate of drug-likeness (QED) is 0.940. The van der Waals surface area contributed by atoms with Gasteiger partial charge in [0, 0.05) is 12.2 Å². The van der Waals surface area contributed by atoms with Crippen LogP contribution in [-0.4, -0.2) is 16.7 Å². The van der Waals surface area contributed by atoms with Crippen LogP contribution in [0.2, 0.25) is 0 Å². The van der Waals surface area contributed by atoms with Gasteiger partial charge in [-0.3, -0.25) is 0 Å². The molecule has 1 aromatic carbocycles. The van der Waals surface area contributed by atoms with Crippen LogP contribution in [0.4, 0.5) is 5.69 Å². The fourth-order valence-corrected chi connectivity index (χ4v) is 2.68. The highest BCUT2D eigenvalue weighted by molar-refractivity contribution is 5.85. The summed E-state index contributed by atoms with van der Waals surface area (Å²) in [6.07, 6.45) is 3.54. The number of anilines is 1. The Balaban J connectivity index is 0.00000176. The van der Waals surface area contributed by atoms with E-state index in [1.165, 1.54) is 24.1 Å². The Morgan fingerprint density at radius 2 is 2.05 bits per heavy atom. The van der Waals surface area contributed by atoms with Crippen LogP contribution in [0.1, 0.15) is 44.0 Å². The minimum Gasteiger partial charge on any atom is -0.362 e. The number of para-hydroxylation sites is 1. The number of fused-ring (bicyclic) bond motifs is 1. The van der Waals surface area contributed by atoms with Crippen molar-refractivity contribution in [2.45, 2.75) is 45.2 Å². The Labute approximate surface area is 137 Å². The molecule has 0 aliphatic carbocycles. The third kappa shape index (κ3) is 3.59. The van der Waals surface area contributed by atoms with Crippen molar-refractivity contribution in [2.75, 3.05) is 11.4 Å². The van der Waals surface area contributed by atoms with Crippen molar-refractivity contribution in [3.05, 3.63) is 41.5 Å². The number of hydrogen-bond donors (Lipinski definition) is 1. The Hall–Kier alpha value is -1.59. The van der Waals surface area contributed by atoms with Gasteiger partial charge in [-0.1, -0.05) is 23.4 Å². The van der Waals surface area contributed by atoms with Crippen LogP contribution in [0.25, 0.3) is 0 Å². The molecule has 0 spiro atoms. The van der Waals surface area contributed by atoms with E-state index in [-0.39, 0.29) is 12.4 Å². The van der Waals surface area contributed by atoms with E-state index in [1.807, 2.05) is 13.8 Å². The lowest BCUT2D eigenvalue weighted by molar-refractivity contribution is 0.359. The summed E-state index contributed by atoms with van der Waals surface area (Å²) in [6, 6.07) is 8.56. The molecule has 3 rings (SSSR count). The molecule has 1 aliphatic heterocycles. The molecular weight excluding hydrogens is 300 g/mol. The lowest BCUT2D eigenvalue weighted by Gasteiger charge is -2.23. The third-order valence-electron chi connectivity index (χ3n) is 3.83. The second-order valence-electron chi connectivity index (χ2n) is 6.24. The molecule has 2 aromatic rings. The molecule has 0 saturated heterocycles. The zero-order valence-electron chi connectivity index (χ0n) is 13.1. The first kappa shape index (κ1) is 16.8. The van der Waals surface area contributed by atoms with Gasteiger partial charge in [-0.05, 0) is 44.7 Å². The van der Waals surface area contributed by atoms with E-state index in [2.05, 4.69) is 39.3 Å². The molecule has 0 unspecified atom stereocenters. The Morgan fingerprint density at radius 3 is 2.77 bits per heavy atom. The van der Waals surface area contributed by atoms with Crippen molar-refractivity contribution < 1.29 is 4.52 Å². The maximum atomic E-state index is 6.01. The Morgan fingerprint density at radius 1 is 1.27 bits per heavy atom. The minimum atomic E-state index is -0.571. The lowest BCUT2D eigenvalue weighted by Crippen LogP contribution is -2.30. The normalized spacial score (nSPS) is 15.0. The second kappa shape index (κ2) is 6.67. The largest absolute Gasteiger partial charge is 0.362 e. The predicted molar refractivity (Wildman–Crippen MR) is 89.2 cm³/mol. The maximum absolute atomic E-state index is 6.01. The molecule has 0 amide bonds. The van der Waals surface area contributed by atoms with Gasteiger partial charge in [0.05, 0.1) is 12.1 Å². The van der Waals surface area contributed by atoms with Crippen LogP contribution in [0.3, 0.4) is 0 Å². The number of aromatic nitrogens is 2. The summed E-state index contributed by atoms with van der Waals surface area (Å²) in [5, 5.41) is 3.99. The van der Waals surface area contributed by atoms with Crippen LogP contribution in [0, 0.1) is 0 Å². The van der Waals surface area contributed by atoms with Gasteiger partial charge in [0.15, 0.2) is 5.82 Å². The second-order valence-corrected chi connectivity index (χ2v) is 6.24. The smallest absolute Gasteiger partial charge is 0.246 e. The number of aryl methyl sites for hydroxylation is 1. The highest BCUT2D eigenvalue weighted by atomic mass is 35.5. The number of nitrogens with zero attached hydrogens (tertiary/aromatic N) is 3. The number of benzene rings is 1. The molecule has 6 heteroatoms. The molecule has 5 nitrogen and oxygen atoms in total. The predicted octanol–water partition coefficient (Wildman–Crippen LogP) is 3.03. The van der Waals surface area contributed by atoms with Gasteiger partial charge in [0.2, 0.25) is 5.89 Å². The van der Waals surface area contributed by atoms with Crippen molar-refractivity contribution in [3.8, 4) is 0 Å². The van der Waals surface area contributed by atoms with E-state index in [9.17, 15) is 0 Å². The molecule has 22 heavy (non-hydrogen) atoms. The lowest BCUT2D eigenvalue weighted by atomic mass is 10.1. The monoisotopic (exact) mass is 322 g/mol. The number of hydrogen-bond acceptors (Lipinski definition) is 5. The summed E-state index contributed by atoms with van der Waals surface area (Å²) in [5.41, 5.74) is 8.11. The van der Waals surface area contributed by atoms with Crippen molar-refractivity contribution >= 4 is 18.1 Å². The average molecular weight is 323 g/mol. The molecule has 0 saturated carbocycles. The number of rotatable bonds is 3. The van der Waals surface area contributed by atoms with Crippen molar-refractivity contribution in [1.82, 2.24) is 10.1 Å². The van der Waals surface area contributed by atoms with Gasteiger partial charge < -0.3 is 15.2 Å². The Kier molecular flexibility index (Phi) is 5.08. The molecule has 1 aliphatic rings. The van der Waals surface area contributed by atoms with E-state index in [4.69, 9.17) is 10.3 Å². The van der Waals surface area contributed by atoms with E-state index in [1.54, 1.807) is 0 Å². The van der Waals surface area contributed by atoms with Crippen LogP contribution in [0.15, 0.2) is 28.8 Å². The van der Waals surface area contributed by atoms with Gasteiger partial charge >= 0.3 is 0 Å². The van der Waals surface area contributed by atoms with Crippen LogP contribution < -0.4 is 10.6 Å². The molecule has 0 bridgehead atoms. The molecular formula is C16H23ClN4O. The highest BCUT2D eigenvalue weighted by Crippen LogP contribution is 2.27. The van der Waals surface area contributed by atoms with E-state index < -0.39 is 5.54 Å². The molecule has 0 radical (unpaired) electrons. The highest BCUT2D eigenvalue weighted by Gasteiger charge is 2.23. The third-order valence-corrected chi connectivity index (χ3v) is 3.83. The minimum absolute atomic E-state index is 0. The summed E-state index contributed by atoms with van der Waals surface area (Å²) in [7, 11) is 0. The van der Waals surface area contributed by atoms with Crippen molar-refractivity contribution in [2.24, 2.45) is 5.73 Å². The van der Waals surface area contributed by atoms with Gasteiger partial charge in [0.25, 0.3) is 0 Å². The summed E-state index contributed by atoms with van der Waals surface area (Å²) in [6.45, 7) is 5.41. The first-order chi connectivity index (χ1) is 10.0. The summed E-state index contributed by atoms with van der Waals surface area (Å²) < 4.78 is 5.37. The van der Waals surface area contributed by atoms with E-state index in [0.29, 0.717) is 18.3 Å². The SMILES string of the molecule is CC(C)(N)c1noc(CN2CCCCc3ccccc32)n1.Cl. The van der Waals surface area contributed by atoms with Gasteiger partial charge in [-0.25, -0.2) is 0 Å². The fraction of sp³-hybridized carbons (Fsp3) is 0.500. The van der Waals surface area contributed by atoms with Gasteiger partial charge in [0.1, 0.15) is 0 Å². The first-order valence-corrected chi connectivity index (χ1v) is 7.49. The van der Waals surface area contributed by atoms with Crippen LogP contribution >= 0.6 is 12.4 Å². The number of nitrogens with two attached hydrogens (primary N) is 1. The molecule has 2 N–H and O–H groups in total. The van der Waals surface area contributed by atoms with Crippen LogP contribution in [0.5, 0.6) is 0 Å². The van der Waals surface area contributed by atoms with E-state index in [0.717, 1.165) is 13.0 Å². The van der Waals surface area contributed by atoms with E-state index >= 15 is 0 Å². The summed E-state index contributed by atoms with van der Waals surface area (Å²) >= 11 is 0. The molecule has 0 fully saturated rings. The first-order valence-electron chi connectivity index (χ1n) is 7.49. The van der Waals surface area contributed by atoms with Crippen LogP contribution in [-0.2, 0) is 18.5 Å². The summed E-state index contributed by atoms with van der Waals surface area (Å²) in [4.78, 5) is 6.76. The molecule has 120 valence electrons. The standard InChI is InChI=1S/C16H22N4O.ClH/c1-16(2,17)15-18-14(21-19-15)11-20-10-6-5-8-12-7-3-4-9-13(12)20;/h3-4,7,9H,5-6,8,10-11,17H2,1-2H3;1H.